The van der Waals surface area contributed by atoms with Crippen LogP contribution in [0.1, 0.15) is 43.0 Å². The first kappa shape index (κ1) is 14.2. The van der Waals surface area contributed by atoms with Crippen molar-refractivity contribution in [2.45, 2.75) is 46.2 Å². The van der Waals surface area contributed by atoms with Crippen LogP contribution in [0.5, 0.6) is 0 Å². The molecule has 0 bridgehead atoms. The average Bonchev–Trinajstić information content (AvgIpc) is 2.64. The van der Waals surface area contributed by atoms with Crippen molar-refractivity contribution in [3.63, 3.8) is 0 Å². The predicted molar refractivity (Wildman–Crippen MR) is 71.6 cm³/mol. The van der Waals surface area contributed by atoms with Gasteiger partial charge in [-0.1, -0.05) is 6.92 Å². The highest BCUT2D eigenvalue weighted by molar-refractivity contribution is 7.12. The maximum Gasteiger partial charge on any atom is 0.304 e. The molecule has 0 radical (unpaired) electrons. The normalized spacial score (nSPS) is 14.9. The quantitative estimate of drug-likeness (QED) is 0.848. The van der Waals surface area contributed by atoms with Crippen molar-refractivity contribution < 1.29 is 9.90 Å². The topological polar surface area (TPSA) is 40.5 Å². The third-order valence-electron chi connectivity index (χ3n) is 3.07. The first-order chi connectivity index (χ1) is 7.95. The van der Waals surface area contributed by atoms with Gasteiger partial charge < -0.3 is 5.11 Å². The predicted octanol–water partition coefficient (Wildman–Crippen LogP) is 3.30. The highest BCUT2D eigenvalue weighted by Crippen LogP contribution is 2.28. The molecule has 0 aliphatic rings. The summed E-state index contributed by atoms with van der Waals surface area (Å²) in [6, 6.07) is 4.61. The van der Waals surface area contributed by atoms with Crippen LogP contribution in [-0.4, -0.2) is 28.6 Å². The summed E-state index contributed by atoms with van der Waals surface area (Å²) in [7, 11) is 0. The van der Waals surface area contributed by atoms with E-state index in [0.717, 1.165) is 6.54 Å². The minimum absolute atomic E-state index is 0.0647. The summed E-state index contributed by atoms with van der Waals surface area (Å²) in [5.41, 5.74) is 0. The second kappa shape index (κ2) is 6.17. The van der Waals surface area contributed by atoms with Gasteiger partial charge in [0, 0.05) is 21.8 Å². The van der Waals surface area contributed by atoms with Gasteiger partial charge >= 0.3 is 5.97 Å². The zero-order valence-corrected chi connectivity index (χ0v) is 11.8. The second-order valence-electron chi connectivity index (χ2n) is 4.40. The Hall–Kier alpha value is -0.870. The lowest BCUT2D eigenvalue weighted by Gasteiger charge is -2.32. The smallest absolute Gasteiger partial charge is 0.304 e. The summed E-state index contributed by atoms with van der Waals surface area (Å²) >= 11 is 1.79. The third-order valence-corrected chi connectivity index (χ3v) is 4.24. The van der Waals surface area contributed by atoms with E-state index in [9.17, 15) is 4.79 Å². The van der Waals surface area contributed by atoms with Crippen LogP contribution < -0.4 is 0 Å². The molecule has 1 heterocycles. The molecule has 2 unspecified atom stereocenters. The molecular weight excluding hydrogens is 234 g/mol. The van der Waals surface area contributed by atoms with Gasteiger partial charge in [-0.3, -0.25) is 9.69 Å². The number of aliphatic carboxylic acids is 1. The van der Waals surface area contributed by atoms with Crippen molar-refractivity contribution in [1.29, 1.82) is 0 Å². The molecule has 2 atom stereocenters. The Labute approximate surface area is 107 Å². The molecule has 0 saturated carbocycles. The van der Waals surface area contributed by atoms with E-state index in [0.29, 0.717) is 0 Å². The molecule has 0 aromatic carbocycles. The first-order valence-electron chi connectivity index (χ1n) is 5.99. The SMILES string of the molecule is CCN(C(C)CC(=O)O)C(C)c1ccc(C)s1. The van der Waals surface area contributed by atoms with Crippen LogP contribution in [0.25, 0.3) is 0 Å². The first-order valence-corrected chi connectivity index (χ1v) is 6.81. The molecule has 4 heteroatoms. The van der Waals surface area contributed by atoms with Crippen LogP contribution in [0.3, 0.4) is 0 Å². The monoisotopic (exact) mass is 255 g/mol. The van der Waals surface area contributed by atoms with E-state index in [1.54, 1.807) is 11.3 Å². The Kier molecular flexibility index (Phi) is 5.15. The van der Waals surface area contributed by atoms with Crippen LogP contribution in [-0.2, 0) is 4.79 Å². The van der Waals surface area contributed by atoms with Crippen LogP contribution in [0, 0.1) is 6.92 Å². The minimum Gasteiger partial charge on any atom is -0.481 e. The van der Waals surface area contributed by atoms with Crippen LogP contribution in [0.4, 0.5) is 0 Å². The number of carbonyl (C=O) groups is 1. The third kappa shape index (κ3) is 3.82. The molecule has 1 rings (SSSR count). The molecule has 0 amide bonds. The molecular formula is C13H21NO2S. The van der Waals surface area contributed by atoms with Crippen LogP contribution >= 0.6 is 11.3 Å². The van der Waals surface area contributed by atoms with E-state index in [4.69, 9.17) is 5.11 Å². The van der Waals surface area contributed by atoms with Gasteiger partial charge in [0.1, 0.15) is 0 Å². The molecule has 1 aromatic rings. The Morgan fingerprint density at radius 3 is 2.53 bits per heavy atom. The number of aryl methyl sites for hydroxylation is 1. The van der Waals surface area contributed by atoms with Gasteiger partial charge in [0.15, 0.2) is 0 Å². The fraction of sp³-hybridized carbons (Fsp3) is 0.615. The van der Waals surface area contributed by atoms with E-state index in [1.165, 1.54) is 9.75 Å². The van der Waals surface area contributed by atoms with E-state index in [1.807, 2.05) is 6.92 Å². The van der Waals surface area contributed by atoms with Crippen molar-refractivity contribution in [2.75, 3.05) is 6.54 Å². The Balaban J connectivity index is 2.76. The number of carboxylic acids is 1. The molecule has 0 saturated heterocycles. The number of hydrogen-bond donors (Lipinski definition) is 1. The summed E-state index contributed by atoms with van der Waals surface area (Å²) in [6.45, 7) is 9.17. The largest absolute Gasteiger partial charge is 0.481 e. The number of carboxylic acid groups (broad SMARTS) is 1. The molecule has 1 N–H and O–H groups in total. The fourth-order valence-corrected chi connectivity index (χ4v) is 3.13. The molecule has 0 aliphatic carbocycles. The van der Waals surface area contributed by atoms with Crippen molar-refractivity contribution >= 4 is 17.3 Å². The van der Waals surface area contributed by atoms with Gasteiger partial charge in [0.05, 0.1) is 6.42 Å². The van der Waals surface area contributed by atoms with Gasteiger partial charge in [0.25, 0.3) is 0 Å². The molecule has 0 fully saturated rings. The maximum absolute atomic E-state index is 10.8. The number of nitrogens with zero attached hydrogens (tertiary/aromatic N) is 1. The Morgan fingerprint density at radius 2 is 2.12 bits per heavy atom. The Bertz CT molecular complexity index is 375. The highest BCUT2D eigenvalue weighted by Gasteiger charge is 2.22. The number of rotatable bonds is 6. The molecule has 0 aliphatic heterocycles. The number of hydrogen-bond acceptors (Lipinski definition) is 3. The van der Waals surface area contributed by atoms with Crippen molar-refractivity contribution in [3.8, 4) is 0 Å². The number of thiophene rings is 1. The van der Waals surface area contributed by atoms with E-state index >= 15 is 0 Å². The van der Waals surface area contributed by atoms with Gasteiger partial charge in [-0.15, -0.1) is 11.3 Å². The Morgan fingerprint density at radius 1 is 1.47 bits per heavy atom. The summed E-state index contributed by atoms with van der Waals surface area (Å²) < 4.78 is 0. The summed E-state index contributed by atoms with van der Waals surface area (Å²) in [5, 5.41) is 8.86. The summed E-state index contributed by atoms with van der Waals surface area (Å²) in [5.74, 6) is -0.731. The lowest BCUT2D eigenvalue weighted by atomic mass is 10.1. The van der Waals surface area contributed by atoms with Crippen LogP contribution in [0.15, 0.2) is 12.1 Å². The lowest BCUT2D eigenvalue weighted by molar-refractivity contribution is -0.138. The zero-order valence-electron chi connectivity index (χ0n) is 10.9. The zero-order chi connectivity index (χ0) is 13.0. The molecule has 17 heavy (non-hydrogen) atoms. The molecule has 3 nitrogen and oxygen atoms in total. The fourth-order valence-electron chi connectivity index (χ4n) is 2.18. The molecule has 0 spiro atoms. The minimum atomic E-state index is -0.731. The average molecular weight is 255 g/mol. The van der Waals surface area contributed by atoms with Crippen molar-refractivity contribution in [2.24, 2.45) is 0 Å². The van der Waals surface area contributed by atoms with Crippen molar-refractivity contribution in [3.05, 3.63) is 21.9 Å². The molecule has 96 valence electrons. The second-order valence-corrected chi connectivity index (χ2v) is 5.72. The summed E-state index contributed by atoms with van der Waals surface area (Å²) in [4.78, 5) is 15.6. The molecule has 1 aromatic heterocycles. The van der Waals surface area contributed by atoms with Gasteiger partial charge in [-0.25, -0.2) is 0 Å². The van der Waals surface area contributed by atoms with E-state index in [-0.39, 0.29) is 18.5 Å². The van der Waals surface area contributed by atoms with Gasteiger partial charge in [0.2, 0.25) is 0 Å². The van der Waals surface area contributed by atoms with E-state index in [2.05, 4.69) is 37.8 Å². The van der Waals surface area contributed by atoms with Crippen LogP contribution in [0.2, 0.25) is 0 Å². The lowest BCUT2D eigenvalue weighted by Crippen LogP contribution is -2.36. The van der Waals surface area contributed by atoms with Gasteiger partial charge in [-0.2, -0.15) is 0 Å². The highest BCUT2D eigenvalue weighted by atomic mass is 32.1. The van der Waals surface area contributed by atoms with E-state index < -0.39 is 5.97 Å². The van der Waals surface area contributed by atoms with Gasteiger partial charge in [-0.05, 0) is 39.4 Å². The standard InChI is InChI=1S/C13H21NO2S/c1-5-14(9(2)8-13(15)16)11(4)12-7-6-10(3)17-12/h6-7,9,11H,5,8H2,1-4H3,(H,15,16). The summed E-state index contributed by atoms with van der Waals surface area (Å²) in [6.07, 6.45) is 0.197. The maximum atomic E-state index is 10.8. The van der Waals surface area contributed by atoms with Crippen molar-refractivity contribution in [1.82, 2.24) is 4.90 Å².